The lowest BCUT2D eigenvalue weighted by molar-refractivity contribution is -0.117. The normalized spacial score (nSPS) is 22.6. The molecule has 1 unspecified atom stereocenters. The van der Waals surface area contributed by atoms with Crippen LogP contribution in [0.2, 0.25) is 0 Å². The first-order valence-electron chi connectivity index (χ1n) is 7.07. The fraction of sp³-hybridized carbons (Fsp3) is 0.533. The summed E-state index contributed by atoms with van der Waals surface area (Å²) in [5.74, 6) is 0.487. The average molecular weight is 259 g/mol. The molecule has 4 nitrogen and oxygen atoms in total. The molecule has 0 spiro atoms. The Morgan fingerprint density at radius 2 is 2.00 bits per heavy atom. The summed E-state index contributed by atoms with van der Waals surface area (Å²) in [6.45, 7) is 8.31. The van der Waals surface area contributed by atoms with E-state index >= 15 is 0 Å². The molecule has 0 saturated carbocycles. The third-order valence-corrected chi connectivity index (χ3v) is 4.06. The molecular weight excluding hydrogens is 238 g/mol. The first kappa shape index (κ1) is 12.5. The van der Waals surface area contributed by atoms with E-state index in [1.54, 1.807) is 0 Å². The van der Waals surface area contributed by atoms with Gasteiger partial charge in [-0.1, -0.05) is 19.9 Å². The highest BCUT2D eigenvalue weighted by atomic mass is 16.2. The maximum Gasteiger partial charge on any atom is 0.232 e. The fourth-order valence-corrected chi connectivity index (χ4v) is 3.06. The molecule has 0 bridgehead atoms. The molecule has 2 aliphatic heterocycles. The van der Waals surface area contributed by atoms with E-state index in [0.29, 0.717) is 5.92 Å². The van der Waals surface area contributed by atoms with Gasteiger partial charge in [-0.05, 0) is 23.6 Å². The summed E-state index contributed by atoms with van der Waals surface area (Å²) >= 11 is 0. The van der Waals surface area contributed by atoms with E-state index in [0.717, 1.165) is 37.4 Å². The van der Waals surface area contributed by atoms with Gasteiger partial charge in [-0.25, -0.2) is 0 Å². The molecule has 1 fully saturated rings. The third kappa shape index (κ3) is 2.21. The molecule has 1 saturated heterocycles. The molecule has 2 heterocycles. The van der Waals surface area contributed by atoms with Gasteiger partial charge in [0.25, 0.3) is 0 Å². The largest absolute Gasteiger partial charge is 0.369 e. The molecule has 0 radical (unpaired) electrons. The molecule has 1 atom stereocenters. The molecule has 0 aromatic heterocycles. The minimum Gasteiger partial charge on any atom is -0.369 e. The third-order valence-electron chi connectivity index (χ3n) is 4.06. The summed E-state index contributed by atoms with van der Waals surface area (Å²) in [7, 11) is 0. The van der Waals surface area contributed by atoms with Crippen LogP contribution in [-0.4, -0.2) is 32.1 Å². The SMILES string of the molecule is CC(C)C1C(=O)Nc2cc(N3CCNCC3)ccc21. The van der Waals surface area contributed by atoms with Crippen LogP contribution >= 0.6 is 0 Å². The number of carbonyl (C=O) groups excluding carboxylic acids is 1. The second kappa shape index (κ2) is 4.85. The summed E-state index contributed by atoms with van der Waals surface area (Å²) in [5.41, 5.74) is 3.36. The monoisotopic (exact) mass is 259 g/mol. The molecule has 1 aromatic carbocycles. The number of amides is 1. The molecule has 2 N–H and O–H groups in total. The van der Waals surface area contributed by atoms with Crippen molar-refractivity contribution < 1.29 is 4.79 Å². The van der Waals surface area contributed by atoms with Crippen molar-refractivity contribution in [2.75, 3.05) is 36.4 Å². The van der Waals surface area contributed by atoms with Crippen molar-refractivity contribution in [1.29, 1.82) is 0 Å². The molecule has 1 amide bonds. The Morgan fingerprint density at radius 1 is 1.26 bits per heavy atom. The number of benzene rings is 1. The van der Waals surface area contributed by atoms with E-state index in [-0.39, 0.29) is 11.8 Å². The predicted molar refractivity (Wildman–Crippen MR) is 77.7 cm³/mol. The van der Waals surface area contributed by atoms with E-state index in [1.807, 2.05) is 0 Å². The molecule has 0 aliphatic carbocycles. The topological polar surface area (TPSA) is 44.4 Å². The lowest BCUT2D eigenvalue weighted by Crippen LogP contribution is -2.43. The van der Waals surface area contributed by atoms with Crippen molar-refractivity contribution >= 4 is 17.3 Å². The van der Waals surface area contributed by atoms with Crippen LogP contribution in [0.3, 0.4) is 0 Å². The average Bonchev–Trinajstić information content (AvgIpc) is 2.74. The van der Waals surface area contributed by atoms with Gasteiger partial charge < -0.3 is 15.5 Å². The number of hydrogen-bond acceptors (Lipinski definition) is 3. The molecule has 102 valence electrons. The maximum absolute atomic E-state index is 12.0. The highest BCUT2D eigenvalue weighted by Gasteiger charge is 2.33. The maximum atomic E-state index is 12.0. The first-order valence-corrected chi connectivity index (χ1v) is 7.07. The van der Waals surface area contributed by atoms with Gasteiger partial charge >= 0.3 is 0 Å². The lowest BCUT2D eigenvalue weighted by Gasteiger charge is -2.29. The molecule has 19 heavy (non-hydrogen) atoms. The lowest BCUT2D eigenvalue weighted by atomic mass is 9.89. The minimum absolute atomic E-state index is 0.00655. The predicted octanol–water partition coefficient (Wildman–Crippen LogP) is 1.79. The quantitative estimate of drug-likeness (QED) is 0.851. The van der Waals surface area contributed by atoms with Gasteiger partial charge in [0.05, 0.1) is 5.92 Å². The van der Waals surface area contributed by atoms with Gasteiger partial charge in [0, 0.05) is 37.6 Å². The van der Waals surface area contributed by atoms with Gasteiger partial charge in [0.1, 0.15) is 0 Å². The molecular formula is C15H21N3O. The number of piperazine rings is 1. The zero-order valence-electron chi connectivity index (χ0n) is 11.6. The summed E-state index contributed by atoms with van der Waals surface area (Å²) in [6, 6.07) is 6.40. The number of nitrogens with zero attached hydrogens (tertiary/aromatic N) is 1. The van der Waals surface area contributed by atoms with Crippen molar-refractivity contribution in [2.45, 2.75) is 19.8 Å². The van der Waals surface area contributed by atoms with Crippen LogP contribution < -0.4 is 15.5 Å². The summed E-state index contributed by atoms with van der Waals surface area (Å²) in [4.78, 5) is 14.4. The minimum atomic E-state index is 0.00655. The van der Waals surface area contributed by atoms with Crippen LogP contribution in [0.4, 0.5) is 11.4 Å². The van der Waals surface area contributed by atoms with E-state index in [2.05, 4.69) is 47.6 Å². The zero-order chi connectivity index (χ0) is 13.4. The summed E-state index contributed by atoms with van der Waals surface area (Å²) < 4.78 is 0. The van der Waals surface area contributed by atoms with Crippen LogP contribution in [0.5, 0.6) is 0 Å². The smallest absolute Gasteiger partial charge is 0.232 e. The van der Waals surface area contributed by atoms with Crippen molar-refractivity contribution in [3.05, 3.63) is 23.8 Å². The van der Waals surface area contributed by atoms with Gasteiger partial charge in [-0.15, -0.1) is 0 Å². The highest BCUT2D eigenvalue weighted by Crippen LogP contribution is 2.39. The van der Waals surface area contributed by atoms with E-state index in [9.17, 15) is 4.79 Å². The Hall–Kier alpha value is -1.55. The van der Waals surface area contributed by atoms with Crippen LogP contribution in [0, 0.1) is 5.92 Å². The molecule has 1 aromatic rings. The van der Waals surface area contributed by atoms with Crippen molar-refractivity contribution in [3.63, 3.8) is 0 Å². The number of fused-ring (bicyclic) bond motifs is 1. The Kier molecular flexibility index (Phi) is 3.19. The van der Waals surface area contributed by atoms with Crippen LogP contribution in [0.15, 0.2) is 18.2 Å². The van der Waals surface area contributed by atoms with Crippen LogP contribution in [0.25, 0.3) is 0 Å². The van der Waals surface area contributed by atoms with Gasteiger partial charge in [-0.2, -0.15) is 0 Å². The molecule has 3 rings (SSSR count). The Labute approximate surface area is 114 Å². The molecule has 4 heteroatoms. The van der Waals surface area contributed by atoms with Crippen molar-refractivity contribution in [3.8, 4) is 0 Å². The standard InChI is InChI=1S/C15H21N3O/c1-10(2)14-12-4-3-11(9-13(12)17-15(14)19)18-7-5-16-6-8-18/h3-4,9-10,14,16H,5-8H2,1-2H3,(H,17,19). The Bertz CT molecular complexity index is 492. The highest BCUT2D eigenvalue weighted by molar-refractivity contribution is 6.03. The second-order valence-corrected chi connectivity index (χ2v) is 5.72. The van der Waals surface area contributed by atoms with Crippen LogP contribution in [0.1, 0.15) is 25.3 Å². The Morgan fingerprint density at radius 3 is 2.68 bits per heavy atom. The number of rotatable bonds is 2. The number of nitrogens with one attached hydrogen (secondary N) is 2. The summed E-state index contributed by atoms with van der Waals surface area (Å²) in [6.07, 6.45) is 0. The number of anilines is 2. The second-order valence-electron chi connectivity index (χ2n) is 5.72. The Balaban J connectivity index is 1.89. The number of carbonyl (C=O) groups is 1. The zero-order valence-corrected chi connectivity index (χ0v) is 11.6. The first-order chi connectivity index (χ1) is 9.16. The van der Waals surface area contributed by atoms with Gasteiger partial charge in [-0.3, -0.25) is 4.79 Å². The fourth-order valence-electron chi connectivity index (χ4n) is 3.06. The van der Waals surface area contributed by atoms with Crippen molar-refractivity contribution in [2.24, 2.45) is 5.92 Å². The van der Waals surface area contributed by atoms with E-state index < -0.39 is 0 Å². The van der Waals surface area contributed by atoms with E-state index in [4.69, 9.17) is 0 Å². The van der Waals surface area contributed by atoms with E-state index in [1.165, 1.54) is 5.69 Å². The van der Waals surface area contributed by atoms with Crippen LogP contribution in [-0.2, 0) is 4.79 Å². The molecule has 2 aliphatic rings. The number of hydrogen-bond donors (Lipinski definition) is 2. The summed E-state index contributed by atoms with van der Waals surface area (Å²) in [5, 5.41) is 6.38. The van der Waals surface area contributed by atoms with Crippen molar-refractivity contribution in [1.82, 2.24) is 5.32 Å². The van der Waals surface area contributed by atoms with Gasteiger partial charge in [0.2, 0.25) is 5.91 Å². The van der Waals surface area contributed by atoms with Gasteiger partial charge in [0.15, 0.2) is 0 Å².